The third kappa shape index (κ3) is 9.07. The molecule has 20 heteroatoms. The van der Waals surface area contributed by atoms with Crippen molar-refractivity contribution in [3.8, 4) is 46.0 Å². The second-order valence-corrected chi connectivity index (χ2v) is 14.0. The summed E-state index contributed by atoms with van der Waals surface area (Å²) in [5.41, 5.74) is 3.93. The summed E-state index contributed by atoms with van der Waals surface area (Å²) in [4.78, 5) is 27.9. The topological polar surface area (TPSA) is 223 Å². The Morgan fingerprint density at radius 2 is 0.557 bits per heavy atom. The average Bonchev–Trinajstić information content (AvgIpc) is 4.13. The highest BCUT2D eigenvalue weighted by Gasteiger charge is 2.18. The van der Waals surface area contributed by atoms with Gasteiger partial charge in [-0.05, 0) is 77.2 Å². The van der Waals surface area contributed by atoms with Crippen LogP contribution in [0.3, 0.4) is 0 Å². The van der Waals surface area contributed by atoms with Gasteiger partial charge in [0.1, 0.15) is 0 Å². The van der Waals surface area contributed by atoms with Crippen LogP contribution in [-0.2, 0) is 26.2 Å². The molecule has 6 aromatic rings. The fourth-order valence-corrected chi connectivity index (χ4v) is 6.64. The molecule has 0 radical (unpaired) electrons. The van der Waals surface area contributed by atoms with Crippen molar-refractivity contribution in [2.75, 3.05) is 72.2 Å². The van der Waals surface area contributed by atoms with Crippen LogP contribution >= 0.6 is 0 Å². The van der Waals surface area contributed by atoms with Crippen molar-refractivity contribution in [1.82, 2.24) is 29.9 Å². The van der Waals surface area contributed by atoms with Gasteiger partial charge in [-0.15, -0.1) is 0 Å². The van der Waals surface area contributed by atoms with Gasteiger partial charge in [0.15, 0.2) is 46.0 Å². The monoisotopic (exact) mass is 828 g/mol. The molecule has 0 unspecified atom stereocenters. The maximum Gasteiger partial charge on any atom is 0.231 e. The molecule has 0 saturated heterocycles. The molecule has 20 nitrogen and oxygen atoms in total. The van der Waals surface area contributed by atoms with Crippen molar-refractivity contribution in [3.05, 3.63) is 95.1 Å². The molecule has 0 atom stereocenters. The number of anilines is 6. The lowest BCUT2D eigenvalue weighted by Gasteiger charge is -2.13. The van der Waals surface area contributed by atoms with Gasteiger partial charge < -0.3 is 69.8 Å². The van der Waals surface area contributed by atoms with Crippen LogP contribution in [0.2, 0.25) is 0 Å². The molecule has 0 aliphatic carbocycles. The second-order valence-electron chi connectivity index (χ2n) is 14.0. The van der Waals surface area contributed by atoms with E-state index >= 15 is 0 Å². The Bertz CT molecular complexity index is 2220. The number of benzene rings is 4. The van der Waals surface area contributed by atoms with E-state index in [0.29, 0.717) is 104 Å². The molecule has 0 amide bonds. The quantitative estimate of drug-likeness (QED) is 0.0602. The SMILES string of the molecule is c1cc2c(cc1CNc1nc(NCCCNc3nc(NCc4ccc5c(c4)OCO5)nc(NCc4ccc5c(c4)OCO5)n3)nc(NCc3ccc4c(c3)OCO4)n1)OCO2. The molecule has 2 aromatic heterocycles. The summed E-state index contributed by atoms with van der Waals surface area (Å²) in [5.74, 6) is 8.10. The van der Waals surface area contributed by atoms with E-state index in [2.05, 4.69) is 61.8 Å². The van der Waals surface area contributed by atoms with Crippen LogP contribution in [0.5, 0.6) is 46.0 Å². The van der Waals surface area contributed by atoms with E-state index in [1.165, 1.54) is 0 Å². The lowest BCUT2D eigenvalue weighted by Crippen LogP contribution is -2.16. The smallest absolute Gasteiger partial charge is 0.231 e. The number of fused-ring (bicyclic) bond motifs is 4. The Labute approximate surface area is 348 Å². The molecule has 4 aromatic carbocycles. The first-order chi connectivity index (χ1) is 30.1. The summed E-state index contributed by atoms with van der Waals surface area (Å²) >= 11 is 0. The Morgan fingerprint density at radius 3 is 0.836 bits per heavy atom. The minimum Gasteiger partial charge on any atom is -0.454 e. The van der Waals surface area contributed by atoms with Crippen LogP contribution in [0.1, 0.15) is 28.7 Å². The van der Waals surface area contributed by atoms with Crippen molar-refractivity contribution in [1.29, 1.82) is 0 Å². The van der Waals surface area contributed by atoms with Crippen LogP contribution in [0.25, 0.3) is 0 Å². The fourth-order valence-electron chi connectivity index (χ4n) is 6.64. The van der Waals surface area contributed by atoms with Gasteiger partial charge in [0.05, 0.1) is 0 Å². The van der Waals surface area contributed by atoms with Gasteiger partial charge in [0.2, 0.25) is 62.9 Å². The lowest BCUT2D eigenvalue weighted by molar-refractivity contribution is 0.173. The average molecular weight is 829 g/mol. The van der Waals surface area contributed by atoms with Gasteiger partial charge in [-0.25, -0.2) is 0 Å². The van der Waals surface area contributed by atoms with Crippen LogP contribution < -0.4 is 69.8 Å². The van der Waals surface area contributed by atoms with E-state index in [1.54, 1.807) is 0 Å². The third-order valence-electron chi connectivity index (χ3n) is 9.74. The first-order valence-corrected chi connectivity index (χ1v) is 19.6. The molecule has 6 heterocycles. The van der Waals surface area contributed by atoms with E-state index in [9.17, 15) is 0 Å². The van der Waals surface area contributed by atoms with Crippen LogP contribution in [-0.4, -0.2) is 70.2 Å². The summed E-state index contributed by atoms with van der Waals surface area (Å²) in [6.07, 6.45) is 0.678. The van der Waals surface area contributed by atoms with Gasteiger partial charge >= 0.3 is 0 Å². The lowest BCUT2D eigenvalue weighted by atomic mass is 10.2. The molecule has 0 spiro atoms. The zero-order chi connectivity index (χ0) is 40.8. The number of nitrogens with one attached hydrogen (secondary N) is 6. The fraction of sp³-hybridized carbons (Fsp3) is 0.268. The zero-order valence-corrected chi connectivity index (χ0v) is 32.7. The minimum absolute atomic E-state index is 0.210. The molecule has 0 saturated carbocycles. The Kier molecular flexibility index (Phi) is 10.5. The van der Waals surface area contributed by atoms with Crippen molar-refractivity contribution in [3.63, 3.8) is 0 Å². The van der Waals surface area contributed by atoms with Gasteiger partial charge in [0, 0.05) is 39.3 Å². The molecule has 0 fully saturated rings. The number of nitrogens with zero attached hydrogens (tertiary/aromatic N) is 6. The highest BCUT2D eigenvalue weighted by Crippen LogP contribution is 2.35. The Balaban J connectivity index is 0.787. The van der Waals surface area contributed by atoms with Gasteiger partial charge in [-0.2, -0.15) is 29.9 Å². The molecule has 10 rings (SSSR count). The number of ether oxygens (including phenoxy) is 8. The van der Waals surface area contributed by atoms with Crippen molar-refractivity contribution in [2.45, 2.75) is 32.6 Å². The number of aromatic nitrogens is 6. The molecular weight excluding hydrogens is 789 g/mol. The van der Waals surface area contributed by atoms with E-state index in [4.69, 9.17) is 37.9 Å². The molecule has 0 bridgehead atoms. The Hall–Kier alpha value is -7.90. The minimum atomic E-state index is 0.210. The molecule has 61 heavy (non-hydrogen) atoms. The first-order valence-electron chi connectivity index (χ1n) is 19.6. The summed E-state index contributed by atoms with van der Waals surface area (Å²) in [6.45, 7) is 3.74. The standard InChI is InChI=1S/C41H40N12O8/c1(10-42-36-48-38(44-16-24-2-6-28-32(12-24)58-20-54-28)52-39(49-36)45-17-25-3-7-29-33(13-25)59-21-55-29)11-43-37-50-40(46-18-26-4-8-30-34(14-26)60-22-56-30)53-41(51-37)47-19-27-5-9-31-35(15-27)61-23-57-31/h2-9,12-15H,1,10-11,16-23H2,(H3,42,44,45,48,49,52)(H3,43,46,47,50,51,53). The third-order valence-corrected chi connectivity index (χ3v) is 9.74. The molecule has 4 aliphatic heterocycles. The first kappa shape index (κ1) is 37.4. The van der Waals surface area contributed by atoms with E-state index in [-0.39, 0.29) is 27.2 Å². The summed E-state index contributed by atoms with van der Waals surface area (Å²) in [7, 11) is 0. The van der Waals surface area contributed by atoms with Gasteiger partial charge in [-0.3, -0.25) is 0 Å². The summed E-state index contributed by atoms with van der Waals surface area (Å²) in [5, 5.41) is 19.9. The largest absolute Gasteiger partial charge is 0.454 e. The summed E-state index contributed by atoms with van der Waals surface area (Å²) in [6, 6.07) is 23.2. The zero-order valence-electron chi connectivity index (χ0n) is 32.7. The van der Waals surface area contributed by atoms with Crippen molar-refractivity contribution >= 4 is 35.7 Å². The second kappa shape index (κ2) is 17.1. The predicted octanol–water partition coefficient (Wildman–Crippen LogP) is 5.33. The summed E-state index contributed by atoms with van der Waals surface area (Å²) < 4.78 is 44.0. The van der Waals surface area contributed by atoms with E-state index in [0.717, 1.165) is 45.3 Å². The molecule has 6 N–H and O–H groups in total. The number of hydrogen-bond donors (Lipinski definition) is 6. The highest BCUT2D eigenvalue weighted by atomic mass is 16.7. The maximum absolute atomic E-state index is 5.55. The normalized spacial score (nSPS) is 13.5. The molecule has 4 aliphatic rings. The highest BCUT2D eigenvalue weighted by molar-refractivity contribution is 5.50. The van der Waals surface area contributed by atoms with Gasteiger partial charge in [0.25, 0.3) is 0 Å². The Morgan fingerprint density at radius 1 is 0.311 bits per heavy atom. The van der Waals surface area contributed by atoms with E-state index < -0.39 is 0 Å². The number of rotatable bonds is 18. The van der Waals surface area contributed by atoms with Crippen molar-refractivity contribution < 1.29 is 37.9 Å². The van der Waals surface area contributed by atoms with Crippen LogP contribution in [0, 0.1) is 0 Å². The van der Waals surface area contributed by atoms with Gasteiger partial charge in [-0.1, -0.05) is 24.3 Å². The predicted molar refractivity (Wildman–Crippen MR) is 221 cm³/mol. The van der Waals surface area contributed by atoms with Crippen molar-refractivity contribution in [2.24, 2.45) is 0 Å². The van der Waals surface area contributed by atoms with E-state index in [1.807, 2.05) is 72.8 Å². The van der Waals surface area contributed by atoms with Crippen LogP contribution in [0.15, 0.2) is 72.8 Å². The molecular formula is C41H40N12O8. The molecule has 312 valence electrons. The number of hydrogen-bond acceptors (Lipinski definition) is 20. The van der Waals surface area contributed by atoms with Crippen LogP contribution in [0.4, 0.5) is 35.7 Å². The maximum atomic E-state index is 5.55.